The van der Waals surface area contributed by atoms with Gasteiger partial charge in [0.05, 0.1) is 39.9 Å². The van der Waals surface area contributed by atoms with Crippen LogP contribution in [-0.2, 0) is 20.9 Å². The van der Waals surface area contributed by atoms with Crippen molar-refractivity contribution < 1.29 is 33.3 Å². The molecule has 41 heavy (non-hydrogen) atoms. The lowest BCUT2D eigenvalue weighted by Crippen LogP contribution is -2.41. The molecular weight excluding hydrogens is 542 g/mol. The number of ether oxygens (including phenoxy) is 5. The van der Waals surface area contributed by atoms with E-state index in [2.05, 4.69) is 11.4 Å². The molecule has 3 unspecified atom stereocenters. The van der Waals surface area contributed by atoms with Gasteiger partial charge >= 0.3 is 5.97 Å². The number of esters is 1. The molecule has 8 nitrogen and oxygen atoms in total. The Bertz CT molecular complexity index is 1470. The molecule has 2 aromatic carbocycles. The van der Waals surface area contributed by atoms with Crippen molar-refractivity contribution in [1.29, 1.82) is 0 Å². The summed E-state index contributed by atoms with van der Waals surface area (Å²) in [5.74, 6) is 0.297. The molecule has 2 aliphatic rings. The number of nitrogens with one attached hydrogen (secondary N) is 1. The Morgan fingerprint density at radius 3 is 2.24 bits per heavy atom. The lowest BCUT2D eigenvalue weighted by Gasteiger charge is -2.39. The van der Waals surface area contributed by atoms with Gasteiger partial charge in [-0.2, -0.15) is 0 Å². The van der Waals surface area contributed by atoms with Crippen LogP contribution in [0.2, 0.25) is 0 Å². The molecule has 0 bridgehead atoms. The first-order chi connectivity index (χ1) is 19.9. The monoisotopic (exact) mass is 575 g/mol. The number of ketones is 1. The summed E-state index contributed by atoms with van der Waals surface area (Å²) in [6, 6.07) is 15.0. The predicted molar refractivity (Wildman–Crippen MR) is 156 cm³/mol. The van der Waals surface area contributed by atoms with Gasteiger partial charge in [0.15, 0.2) is 11.5 Å². The second-order valence-electron chi connectivity index (χ2n) is 9.92. The summed E-state index contributed by atoms with van der Waals surface area (Å²) in [5.41, 5.74) is 3.31. The normalized spacial score (nSPS) is 20.0. The van der Waals surface area contributed by atoms with Crippen LogP contribution < -0.4 is 24.3 Å². The van der Waals surface area contributed by atoms with Gasteiger partial charge in [-0.1, -0.05) is 24.3 Å². The maximum absolute atomic E-state index is 13.9. The average Bonchev–Trinajstić information content (AvgIpc) is 3.54. The zero-order valence-electron chi connectivity index (χ0n) is 23.7. The molecule has 3 aromatic rings. The van der Waals surface area contributed by atoms with Crippen LogP contribution in [0.4, 0.5) is 0 Å². The topological polar surface area (TPSA) is 92.3 Å². The van der Waals surface area contributed by atoms with Gasteiger partial charge in [0.25, 0.3) is 0 Å². The number of fused-ring (bicyclic) bond motifs is 1. The molecule has 1 N–H and O–H groups in total. The van der Waals surface area contributed by atoms with Crippen LogP contribution in [0.5, 0.6) is 23.0 Å². The number of rotatable bonds is 9. The van der Waals surface area contributed by atoms with Crippen molar-refractivity contribution in [2.75, 3.05) is 28.4 Å². The van der Waals surface area contributed by atoms with Gasteiger partial charge in [0.2, 0.25) is 5.75 Å². The van der Waals surface area contributed by atoms with Crippen molar-refractivity contribution in [2.45, 2.75) is 31.8 Å². The van der Waals surface area contributed by atoms with E-state index in [1.165, 1.54) is 21.3 Å². The molecule has 9 heteroatoms. The average molecular weight is 576 g/mol. The van der Waals surface area contributed by atoms with Crippen molar-refractivity contribution in [1.82, 2.24) is 5.32 Å². The summed E-state index contributed by atoms with van der Waals surface area (Å²) < 4.78 is 27.8. The van der Waals surface area contributed by atoms with Gasteiger partial charge in [-0.3, -0.25) is 4.79 Å². The highest BCUT2D eigenvalue weighted by Crippen LogP contribution is 2.49. The lowest BCUT2D eigenvalue weighted by molar-refractivity contribution is -0.141. The summed E-state index contributed by atoms with van der Waals surface area (Å²) in [5, 5.41) is 5.40. The summed E-state index contributed by atoms with van der Waals surface area (Å²) >= 11 is 1.63. The number of thiophene rings is 1. The zero-order valence-corrected chi connectivity index (χ0v) is 24.5. The fraction of sp³-hybridized carbons (Fsp3) is 0.312. The number of Topliss-reactive ketones (excluding diaryl/α,β-unsaturated/α-hetero) is 1. The van der Waals surface area contributed by atoms with E-state index in [0.29, 0.717) is 46.3 Å². The van der Waals surface area contributed by atoms with Crippen molar-refractivity contribution in [2.24, 2.45) is 5.92 Å². The third-order valence-electron chi connectivity index (χ3n) is 7.57. The maximum atomic E-state index is 13.9. The molecule has 1 aliphatic carbocycles. The van der Waals surface area contributed by atoms with E-state index in [1.54, 1.807) is 30.6 Å². The molecule has 0 fully saturated rings. The highest BCUT2D eigenvalue weighted by atomic mass is 32.1. The van der Waals surface area contributed by atoms with E-state index in [0.717, 1.165) is 16.1 Å². The van der Waals surface area contributed by atoms with Crippen molar-refractivity contribution in [3.8, 4) is 23.0 Å². The van der Waals surface area contributed by atoms with Crippen molar-refractivity contribution in [3.63, 3.8) is 0 Å². The first-order valence-electron chi connectivity index (χ1n) is 13.2. The van der Waals surface area contributed by atoms with Crippen LogP contribution in [-0.4, -0.2) is 40.2 Å². The molecule has 214 valence electrons. The van der Waals surface area contributed by atoms with E-state index >= 15 is 0 Å². The van der Waals surface area contributed by atoms with Gasteiger partial charge in [-0.25, -0.2) is 4.79 Å². The Labute approximate surface area is 243 Å². The maximum Gasteiger partial charge on any atom is 0.336 e. The standard InChI is InChI=1S/C32H33NO7S/c1-18-28(32(35)40-17-19-8-10-22(36-2)11-9-19)29(21-15-25(37-3)31(39-5)26(16-21)38-4)30-23(33-18)13-20(14-24(30)34)27-7-6-12-41-27/h6-13,15-16,20,29-30,33H,14,17H2,1-5H3. The molecule has 0 radical (unpaired) electrons. The minimum Gasteiger partial charge on any atom is -0.497 e. The number of hydrogen-bond donors (Lipinski definition) is 1. The smallest absolute Gasteiger partial charge is 0.336 e. The van der Waals surface area contributed by atoms with Crippen molar-refractivity contribution >= 4 is 23.1 Å². The number of allylic oxidation sites excluding steroid dienone is 3. The number of methoxy groups -OCH3 is 4. The minimum atomic E-state index is -0.628. The van der Waals surface area contributed by atoms with Gasteiger partial charge in [-0.05, 0) is 53.8 Å². The first kappa shape index (κ1) is 28.3. The van der Waals surface area contributed by atoms with E-state index in [4.69, 9.17) is 23.7 Å². The third kappa shape index (κ3) is 5.54. The van der Waals surface area contributed by atoms with Crippen LogP contribution in [0.15, 0.2) is 77.0 Å². The number of carbonyl (C=O) groups is 2. The van der Waals surface area contributed by atoms with E-state index in [-0.39, 0.29) is 18.3 Å². The Hall–Kier alpha value is -4.24. The zero-order chi connectivity index (χ0) is 29.1. The Morgan fingerprint density at radius 2 is 1.66 bits per heavy atom. The highest BCUT2D eigenvalue weighted by molar-refractivity contribution is 7.10. The van der Waals surface area contributed by atoms with E-state index in [9.17, 15) is 9.59 Å². The third-order valence-corrected chi connectivity index (χ3v) is 8.57. The SMILES string of the molecule is COc1ccc(COC(=O)C2=C(C)NC3=CC(c4cccs4)CC(=O)C3C2c2cc(OC)c(OC)c(OC)c2)cc1. The molecule has 1 aromatic heterocycles. The Morgan fingerprint density at radius 1 is 0.951 bits per heavy atom. The Kier molecular flexibility index (Phi) is 8.35. The molecule has 0 amide bonds. The molecule has 1 aliphatic heterocycles. The minimum absolute atomic E-state index is 0.0294. The highest BCUT2D eigenvalue weighted by Gasteiger charge is 2.45. The molecule has 3 atom stereocenters. The molecule has 0 saturated carbocycles. The summed E-state index contributed by atoms with van der Waals surface area (Å²) in [6.45, 7) is 1.91. The molecule has 0 spiro atoms. The second-order valence-corrected chi connectivity index (χ2v) is 10.9. The quantitative estimate of drug-likeness (QED) is 0.323. The van der Waals surface area contributed by atoms with Crippen LogP contribution in [0, 0.1) is 5.92 Å². The van der Waals surface area contributed by atoms with Crippen molar-refractivity contribution in [3.05, 3.63) is 93.0 Å². The number of benzene rings is 2. The van der Waals surface area contributed by atoms with Crippen LogP contribution in [0.25, 0.3) is 0 Å². The van der Waals surface area contributed by atoms with Crippen LogP contribution >= 0.6 is 11.3 Å². The molecular formula is C32H33NO7S. The van der Waals surface area contributed by atoms with E-state index in [1.807, 2.05) is 48.7 Å². The lowest BCUT2D eigenvalue weighted by atomic mass is 9.69. The molecule has 2 heterocycles. The van der Waals surface area contributed by atoms with Gasteiger partial charge < -0.3 is 29.0 Å². The summed E-state index contributed by atoms with van der Waals surface area (Å²) in [6.07, 6.45) is 2.45. The summed E-state index contributed by atoms with van der Waals surface area (Å²) in [7, 11) is 6.21. The van der Waals surface area contributed by atoms with Crippen LogP contribution in [0.1, 0.15) is 41.2 Å². The summed E-state index contributed by atoms with van der Waals surface area (Å²) in [4.78, 5) is 28.8. The van der Waals surface area contributed by atoms with Gasteiger partial charge in [-0.15, -0.1) is 11.3 Å². The number of carbonyl (C=O) groups excluding carboxylic acids is 2. The Balaban J connectivity index is 1.58. The second kappa shape index (κ2) is 12.1. The largest absolute Gasteiger partial charge is 0.497 e. The number of hydrogen-bond acceptors (Lipinski definition) is 9. The molecule has 0 saturated heterocycles. The van der Waals surface area contributed by atoms with E-state index < -0.39 is 17.8 Å². The fourth-order valence-electron chi connectivity index (χ4n) is 5.62. The first-order valence-corrected chi connectivity index (χ1v) is 14.1. The molecule has 5 rings (SSSR count). The van der Waals surface area contributed by atoms with Gasteiger partial charge in [0.1, 0.15) is 18.1 Å². The van der Waals surface area contributed by atoms with Crippen LogP contribution in [0.3, 0.4) is 0 Å². The predicted octanol–water partition coefficient (Wildman–Crippen LogP) is 5.74. The fourth-order valence-corrected chi connectivity index (χ4v) is 6.42. The van der Waals surface area contributed by atoms with Gasteiger partial charge in [0, 0.05) is 34.5 Å².